The van der Waals surface area contributed by atoms with Gasteiger partial charge in [-0.1, -0.05) is 6.07 Å². The number of rotatable bonds is 4. The highest BCUT2D eigenvalue weighted by molar-refractivity contribution is 5.56. The third-order valence-corrected chi connectivity index (χ3v) is 2.95. The molecule has 102 valence electrons. The minimum Gasteiger partial charge on any atom is -0.481 e. The molecule has 2 aromatic heterocycles. The Morgan fingerprint density at radius 1 is 1.40 bits per heavy atom. The molecule has 0 aromatic carbocycles. The summed E-state index contributed by atoms with van der Waals surface area (Å²) in [6, 6.07) is 7.85. The molecule has 2 heterocycles. The van der Waals surface area contributed by atoms with Crippen LogP contribution in [0.5, 0.6) is 5.88 Å². The maximum atomic E-state index is 9.22. The first-order valence-corrected chi connectivity index (χ1v) is 6.25. The van der Waals surface area contributed by atoms with E-state index in [1.165, 1.54) is 0 Å². The average Bonchev–Trinajstić information content (AvgIpc) is 2.45. The van der Waals surface area contributed by atoms with E-state index in [9.17, 15) is 5.26 Å². The lowest BCUT2D eigenvalue weighted by Gasteiger charge is -2.11. The summed E-state index contributed by atoms with van der Waals surface area (Å²) >= 11 is 0. The highest BCUT2D eigenvalue weighted by Gasteiger charge is 2.09. The largest absolute Gasteiger partial charge is 0.481 e. The van der Waals surface area contributed by atoms with Gasteiger partial charge >= 0.3 is 0 Å². The predicted molar refractivity (Wildman–Crippen MR) is 76.5 cm³/mol. The molecule has 20 heavy (non-hydrogen) atoms. The van der Waals surface area contributed by atoms with Gasteiger partial charge in [-0.3, -0.25) is 0 Å². The molecule has 5 heteroatoms. The van der Waals surface area contributed by atoms with Crippen molar-refractivity contribution in [2.45, 2.75) is 20.4 Å². The van der Waals surface area contributed by atoms with E-state index in [1.807, 2.05) is 32.0 Å². The second kappa shape index (κ2) is 6.02. The molecule has 0 aliphatic carbocycles. The number of nitrogens with one attached hydrogen (secondary N) is 1. The van der Waals surface area contributed by atoms with Crippen LogP contribution in [0.2, 0.25) is 0 Å². The number of methoxy groups -OCH3 is 1. The summed E-state index contributed by atoms with van der Waals surface area (Å²) in [5.74, 6) is 1.17. The van der Waals surface area contributed by atoms with Gasteiger partial charge in [0.1, 0.15) is 11.9 Å². The number of hydrogen-bond acceptors (Lipinski definition) is 5. The van der Waals surface area contributed by atoms with E-state index in [2.05, 4.69) is 21.4 Å². The Hall–Kier alpha value is -2.61. The number of aromatic nitrogens is 2. The molecule has 0 atom stereocenters. The minimum atomic E-state index is 0.502. The smallest absolute Gasteiger partial charge is 0.218 e. The predicted octanol–water partition coefficient (Wildman–Crippen LogP) is 2.59. The van der Waals surface area contributed by atoms with Crippen LogP contribution in [0.15, 0.2) is 24.4 Å². The van der Waals surface area contributed by atoms with Gasteiger partial charge in [0.05, 0.1) is 12.7 Å². The van der Waals surface area contributed by atoms with Crippen molar-refractivity contribution >= 4 is 5.82 Å². The van der Waals surface area contributed by atoms with Crippen LogP contribution in [-0.2, 0) is 6.54 Å². The van der Waals surface area contributed by atoms with Crippen molar-refractivity contribution in [1.82, 2.24) is 9.97 Å². The lowest BCUT2D eigenvalue weighted by Crippen LogP contribution is -2.07. The highest BCUT2D eigenvalue weighted by Crippen LogP contribution is 2.20. The Balaban J connectivity index is 2.25. The van der Waals surface area contributed by atoms with E-state index >= 15 is 0 Å². The number of nitrogens with zero attached hydrogens (tertiary/aromatic N) is 3. The maximum Gasteiger partial charge on any atom is 0.218 e. The van der Waals surface area contributed by atoms with Crippen molar-refractivity contribution in [3.8, 4) is 11.9 Å². The summed E-state index contributed by atoms with van der Waals surface area (Å²) in [4.78, 5) is 8.52. The number of anilines is 1. The fourth-order valence-electron chi connectivity index (χ4n) is 2.03. The summed E-state index contributed by atoms with van der Waals surface area (Å²) in [5.41, 5.74) is 3.28. The molecule has 0 saturated carbocycles. The molecule has 0 saturated heterocycles. The van der Waals surface area contributed by atoms with Gasteiger partial charge in [-0.15, -0.1) is 0 Å². The Bertz CT molecular complexity index is 661. The SMILES string of the molecule is COc1ncccc1CNc1nc(C)cc(C)c1C#N. The van der Waals surface area contributed by atoms with Crippen molar-refractivity contribution < 1.29 is 4.74 Å². The fourth-order valence-corrected chi connectivity index (χ4v) is 2.03. The van der Waals surface area contributed by atoms with Crippen molar-refractivity contribution in [3.63, 3.8) is 0 Å². The monoisotopic (exact) mass is 268 g/mol. The van der Waals surface area contributed by atoms with Crippen molar-refractivity contribution in [2.75, 3.05) is 12.4 Å². The second-order valence-electron chi connectivity index (χ2n) is 4.44. The summed E-state index contributed by atoms with van der Waals surface area (Å²) in [6.07, 6.45) is 1.68. The molecule has 0 fully saturated rings. The van der Waals surface area contributed by atoms with Crippen molar-refractivity contribution in [1.29, 1.82) is 5.26 Å². The lowest BCUT2D eigenvalue weighted by atomic mass is 10.1. The highest BCUT2D eigenvalue weighted by atomic mass is 16.5. The van der Waals surface area contributed by atoms with E-state index < -0.39 is 0 Å². The van der Waals surface area contributed by atoms with Gasteiger partial charge in [-0.2, -0.15) is 5.26 Å². The molecule has 0 unspecified atom stereocenters. The Morgan fingerprint density at radius 3 is 2.90 bits per heavy atom. The Labute approximate surface area is 118 Å². The van der Waals surface area contributed by atoms with Gasteiger partial charge < -0.3 is 10.1 Å². The zero-order chi connectivity index (χ0) is 14.5. The lowest BCUT2D eigenvalue weighted by molar-refractivity contribution is 0.393. The topological polar surface area (TPSA) is 70.8 Å². The minimum absolute atomic E-state index is 0.502. The van der Waals surface area contributed by atoms with Crippen LogP contribution < -0.4 is 10.1 Å². The third kappa shape index (κ3) is 2.86. The van der Waals surface area contributed by atoms with Gasteiger partial charge in [0.25, 0.3) is 0 Å². The summed E-state index contributed by atoms with van der Waals surface area (Å²) in [7, 11) is 1.58. The summed E-state index contributed by atoms with van der Waals surface area (Å²) in [5, 5.41) is 12.4. The van der Waals surface area contributed by atoms with Crippen molar-refractivity contribution in [2.24, 2.45) is 0 Å². The summed E-state index contributed by atoms with van der Waals surface area (Å²) < 4.78 is 5.20. The standard InChI is InChI=1S/C15H16N4O/c1-10-7-11(2)19-14(13(10)8-16)18-9-12-5-4-6-17-15(12)20-3/h4-7H,9H2,1-3H3,(H,18,19). The van der Waals surface area contributed by atoms with Gasteiger partial charge in [0.2, 0.25) is 5.88 Å². The van der Waals surface area contributed by atoms with Crippen LogP contribution in [0.3, 0.4) is 0 Å². The van der Waals surface area contributed by atoms with Crippen LogP contribution >= 0.6 is 0 Å². The zero-order valence-electron chi connectivity index (χ0n) is 11.8. The Kier molecular flexibility index (Phi) is 4.16. The number of hydrogen-bond donors (Lipinski definition) is 1. The molecule has 0 spiro atoms. The number of pyridine rings is 2. The van der Waals surface area contributed by atoms with Gasteiger partial charge in [0.15, 0.2) is 0 Å². The summed E-state index contributed by atoms with van der Waals surface area (Å²) in [6.45, 7) is 4.31. The van der Waals surface area contributed by atoms with Gasteiger partial charge in [-0.25, -0.2) is 9.97 Å². The van der Waals surface area contributed by atoms with Gasteiger partial charge in [0, 0.05) is 24.0 Å². The van der Waals surface area contributed by atoms with Crippen LogP contribution in [0.4, 0.5) is 5.82 Å². The van der Waals surface area contributed by atoms with E-state index in [1.54, 1.807) is 13.3 Å². The number of ether oxygens (including phenoxy) is 1. The molecule has 0 bridgehead atoms. The van der Waals surface area contributed by atoms with E-state index in [0.29, 0.717) is 23.8 Å². The first-order valence-electron chi connectivity index (χ1n) is 6.25. The van der Waals surface area contributed by atoms with Gasteiger partial charge in [-0.05, 0) is 31.5 Å². The zero-order valence-corrected chi connectivity index (χ0v) is 11.8. The first-order chi connectivity index (χ1) is 9.65. The molecule has 0 aliphatic heterocycles. The first kappa shape index (κ1) is 13.8. The maximum absolute atomic E-state index is 9.22. The van der Waals surface area contributed by atoms with Crippen LogP contribution in [0, 0.1) is 25.2 Å². The molecule has 0 amide bonds. The van der Waals surface area contributed by atoms with E-state index in [0.717, 1.165) is 16.8 Å². The molecular weight excluding hydrogens is 252 g/mol. The molecule has 1 N–H and O–H groups in total. The quantitative estimate of drug-likeness (QED) is 0.922. The molecule has 5 nitrogen and oxygen atoms in total. The normalized spacial score (nSPS) is 9.90. The van der Waals surface area contributed by atoms with Crippen LogP contribution in [0.25, 0.3) is 0 Å². The molecular formula is C15H16N4O. The third-order valence-electron chi connectivity index (χ3n) is 2.95. The van der Waals surface area contributed by atoms with E-state index in [-0.39, 0.29) is 0 Å². The molecule has 0 radical (unpaired) electrons. The van der Waals surface area contributed by atoms with Crippen LogP contribution in [-0.4, -0.2) is 17.1 Å². The molecule has 2 aromatic rings. The molecule has 2 rings (SSSR count). The number of aryl methyl sites for hydroxylation is 2. The van der Waals surface area contributed by atoms with Crippen LogP contribution in [0.1, 0.15) is 22.4 Å². The van der Waals surface area contributed by atoms with Crippen molar-refractivity contribution in [3.05, 3.63) is 46.8 Å². The molecule has 0 aliphatic rings. The Morgan fingerprint density at radius 2 is 2.20 bits per heavy atom. The number of nitriles is 1. The average molecular weight is 268 g/mol. The second-order valence-corrected chi connectivity index (χ2v) is 4.44. The fraction of sp³-hybridized carbons (Fsp3) is 0.267. The van der Waals surface area contributed by atoms with E-state index in [4.69, 9.17) is 4.74 Å².